The molecule has 0 unspecified atom stereocenters. The summed E-state index contributed by atoms with van der Waals surface area (Å²) in [5.74, 6) is 0. The van der Waals surface area contributed by atoms with Crippen LogP contribution in [0.25, 0.3) is 22.5 Å². The maximum absolute atomic E-state index is 4.53. The van der Waals surface area contributed by atoms with Crippen LogP contribution in [0.2, 0.25) is 0 Å². The van der Waals surface area contributed by atoms with Gasteiger partial charge in [-0.3, -0.25) is 10.1 Å². The third kappa shape index (κ3) is 1.67. The summed E-state index contributed by atoms with van der Waals surface area (Å²) in [6, 6.07) is 12.5. The highest BCUT2D eigenvalue weighted by Gasteiger charge is 2.22. The van der Waals surface area contributed by atoms with E-state index in [9.17, 15) is 0 Å². The number of aromatic amines is 1. The molecule has 3 aromatic rings. The van der Waals surface area contributed by atoms with Crippen molar-refractivity contribution in [3.05, 3.63) is 66.3 Å². The van der Waals surface area contributed by atoms with Crippen LogP contribution in [0.1, 0.15) is 16.8 Å². The SMILES string of the molecule is [CH2]c1cc(-c2n[nH]c3c2CCc2ccccc2-3)ccn1. The van der Waals surface area contributed by atoms with Crippen molar-refractivity contribution in [3.63, 3.8) is 0 Å². The molecule has 1 N–H and O–H groups in total. The van der Waals surface area contributed by atoms with Crippen LogP contribution in [0.4, 0.5) is 0 Å². The van der Waals surface area contributed by atoms with Gasteiger partial charge in [0.1, 0.15) is 0 Å². The molecule has 0 spiro atoms. The second kappa shape index (κ2) is 4.30. The van der Waals surface area contributed by atoms with E-state index in [0.29, 0.717) is 0 Å². The molecule has 0 bridgehead atoms. The standard InChI is InChI=1S/C17H14N3/c1-11-10-13(8-9-18-11)16-15-7-6-12-4-2-3-5-14(12)17(15)20-19-16/h2-5,8-10H,1,6-7H2,(H,19,20). The zero-order valence-corrected chi connectivity index (χ0v) is 11.1. The first-order valence-corrected chi connectivity index (χ1v) is 6.77. The molecule has 3 heteroatoms. The summed E-state index contributed by atoms with van der Waals surface area (Å²) in [4.78, 5) is 4.15. The molecule has 0 aliphatic heterocycles. The number of fused-ring (bicyclic) bond motifs is 3. The fourth-order valence-electron chi connectivity index (χ4n) is 2.94. The van der Waals surface area contributed by atoms with Crippen molar-refractivity contribution in [2.24, 2.45) is 0 Å². The van der Waals surface area contributed by atoms with Gasteiger partial charge in [0.25, 0.3) is 0 Å². The van der Waals surface area contributed by atoms with Crippen molar-refractivity contribution in [2.45, 2.75) is 12.8 Å². The molecule has 0 saturated carbocycles. The lowest BCUT2D eigenvalue weighted by molar-refractivity contribution is 0.943. The van der Waals surface area contributed by atoms with E-state index in [1.807, 2.05) is 12.1 Å². The van der Waals surface area contributed by atoms with Crippen LogP contribution < -0.4 is 0 Å². The Hall–Kier alpha value is -2.42. The van der Waals surface area contributed by atoms with Crippen LogP contribution in [-0.4, -0.2) is 15.2 Å². The van der Waals surface area contributed by atoms with Gasteiger partial charge >= 0.3 is 0 Å². The number of H-pyrrole nitrogens is 1. The van der Waals surface area contributed by atoms with Crippen LogP contribution in [0.3, 0.4) is 0 Å². The van der Waals surface area contributed by atoms with Gasteiger partial charge in [-0.1, -0.05) is 24.3 Å². The molecular weight excluding hydrogens is 246 g/mol. The highest BCUT2D eigenvalue weighted by atomic mass is 15.1. The first-order chi connectivity index (χ1) is 9.83. The average molecular weight is 260 g/mol. The number of hydrogen-bond acceptors (Lipinski definition) is 2. The molecule has 1 aliphatic carbocycles. The molecule has 97 valence electrons. The van der Waals surface area contributed by atoms with Crippen LogP contribution in [0, 0.1) is 6.92 Å². The van der Waals surface area contributed by atoms with E-state index in [4.69, 9.17) is 0 Å². The van der Waals surface area contributed by atoms with Crippen LogP contribution in [-0.2, 0) is 12.8 Å². The van der Waals surface area contributed by atoms with Gasteiger partial charge in [-0.25, -0.2) is 0 Å². The molecule has 20 heavy (non-hydrogen) atoms. The minimum absolute atomic E-state index is 0.774. The summed E-state index contributed by atoms with van der Waals surface area (Å²) in [5, 5.41) is 7.74. The third-order valence-corrected chi connectivity index (χ3v) is 3.89. The summed E-state index contributed by atoms with van der Waals surface area (Å²) in [7, 11) is 0. The number of rotatable bonds is 1. The maximum Gasteiger partial charge on any atom is 0.0960 e. The number of nitrogens with one attached hydrogen (secondary N) is 1. The van der Waals surface area contributed by atoms with Crippen molar-refractivity contribution in [1.29, 1.82) is 0 Å². The topological polar surface area (TPSA) is 41.6 Å². The Labute approximate surface area is 117 Å². The fourth-order valence-corrected chi connectivity index (χ4v) is 2.94. The third-order valence-electron chi connectivity index (χ3n) is 3.89. The fraction of sp³-hybridized carbons (Fsp3) is 0.118. The Balaban J connectivity index is 1.90. The van der Waals surface area contributed by atoms with Gasteiger partial charge in [0.15, 0.2) is 0 Å². The molecular formula is C17H14N3. The quantitative estimate of drug-likeness (QED) is 0.728. The van der Waals surface area contributed by atoms with Gasteiger partial charge in [0, 0.05) is 28.6 Å². The minimum Gasteiger partial charge on any atom is -0.277 e. The van der Waals surface area contributed by atoms with Crippen LogP contribution >= 0.6 is 0 Å². The van der Waals surface area contributed by atoms with Gasteiger partial charge in [-0.2, -0.15) is 5.10 Å². The molecule has 2 heterocycles. The van der Waals surface area contributed by atoms with Crippen molar-refractivity contribution >= 4 is 0 Å². The normalized spacial score (nSPS) is 12.8. The van der Waals surface area contributed by atoms with Gasteiger partial charge in [0.2, 0.25) is 0 Å². The van der Waals surface area contributed by atoms with Gasteiger partial charge in [-0.15, -0.1) is 0 Å². The Bertz CT molecular complexity index is 786. The number of nitrogens with zero attached hydrogens (tertiary/aromatic N) is 2. The smallest absolute Gasteiger partial charge is 0.0960 e. The summed E-state index contributed by atoms with van der Waals surface area (Å²) < 4.78 is 0. The summed E-state index contributed by atoms with van der Waals surface area (Å²) in [5.41, 5.74) is 8.01. The first-order valence-electron chi connectivity index (χ1n) is 6.77. The van der Waals surface area contributed by atoms with Gasteiger partial charge < -0.3 is 0 Å². The van der Waals surface area contributed by atoms with E-state index >= 15 is 0 Å². The molecule has 0 amide bonds. The van der Waals surface area contributed by atoms with Crippen molar-refractivity contribution < 1.29 is 0 Å². The summed E-state index contributed by atoms with van der Waals surface area (Å²) >= 11 is 0. The van der Waals surface area contributed by atoms with E-state index in [2.05, 4.69) is 46.4 Å². The second-order valence-electron chi connectivity index (χ2n) is 5.12. The first kappa shape index (κ1) is 11.4. The largest absolute Gasteiger partial charge is 0.277 e. The number of aromatic nitrogens is 3. The van der Waals surface area contributed by atoms with E-state index in [-0.39, 0.29) is 0 Å². The lowest BCUT2D eigenvalue weighted by Gasteiger charge is -2.16. The average Bonchev–Trinajstić information content (AvgIpc) is 2.91. The molecule has 2 aromatic heterocycles. The number of benzene rings is 1. The van der Waals surface area contributed by atoms with Crippen LogP contribution in [0.15, 0.2) is 42.6 Å². The number of aryl methyl sites for hydroxylation is 1. The molecule has 0 saturated heterocycles. The van der Waals surface area contributed by atoms with E-state index in [1.165, 1.54) is 16.7 Å². The second-order valence-corrected chi connectivity index (χ2v) is 5.12. The number of hydrogen-bond donors (Lipinski definition) is 1. The van der Waals surface area contributed by atoms with E-state index in [0.717, 1.165) is 35.5 Å². The Morgan fingerprint density at radius 3 is 2.90 bits per heavy atom. The minimum atomic E-state index is 0.774. The molecule has 0 fully saturated rings. The lowest BCUT2D eigenvalue weighted by atomic mass is 9.88. The highest BCUT2D eigenvalue weighted by molar-refractivity contribution is 5.77. The van der Waals surface area contributed by atoms with Gasteiger partial charge in [0.05, 0.1) is 11.4 Å². The molecule has 3 nitrogen and oxygen atoms in total. The number of pyridine rings is 1. The van der Waals surface area contributed by atoms with Crippen LogP contribution in [0.5, 0.6) is 0 Å². The van der Waals surface area contributed by atoms with Crippen molar-refractivity contribution in [2.75, 3.05) is 0 Å². The monoisotopic (exact) mass is 260 g/mol. The zero-order chi connectivity index (χ0) is 13.5. The lowest BCUT2D eigenvalue weighted by Crippen LogP contribution is -2.03. The molecule has 1 aromatic carbocycles. The predicted octanol–water partition coefficient (Wildman–Crippen LogP) is 3.42. The highest BCUT2D eigenvalue weighted by Crippen LogP contribution is 2.36. The molecule has 0 atom stereocenters. The zero-order valence-electron chi connectivity index (χ0n) is 11.1. The van der Waals surface area contributed by atoms with Crippen molar-refractivity contribution in [1.82, 2.24) is 15.2 Å². The Morgan fingerprint density at radius 2 is 2.00 bits per heavy atom. The summed E-state index contributed by atoms with van der Waals surface area (Å²) in [6.07, 6.45) is 3.88. The maximum atomic E-state index is 4.53. The van der Waals surface area contributed by atoms with E-state index < -0.39 is 0 Å². The van der Waals surface area contributed by atoms with Gasteiger partial charge in [-0.05, 0) is 37.5 Å². The summed E-state index contributed by atoms with van der Waals surface area (Å²) in [6.45, 7) is 3.89. The molecule has 1 radical (unpaired) electrons. The Morgan fingerprint density at radius 1 is 1.10 bits per heavy atom. The Kier molecular flexibility index (Phi) is 2.46. The molecule has 1 aliphatic rings. The molecule has 4 rings (SSSR count). The van der Waals surface area contributed by atoms with E-state index in [1.54, 1.807) is 6.20 Å². The predicted molar refractivity (Wildman–Crippen MR) is 79.1 cm³/mol. The van der Waals surface area contributed by atoms with Crippen molar-refractivity contribution in [3.8, 4) is 22.5 Å².